The number of carboxylic acids is 3. The lowest BCUT2D eigenvalue weighted by molar-refractivity contribution is -0.186. The lowest BCUT2D eigenvalue weighted by Crippen LogP contribution is -2.53. The number of aliphatic carboxylic acids is 3. The standard InChI is InChI=1S/C29H50I2O21/c1-51-26(16(31)27(46)47)24(44)23(43)14(34)8-11(20(40)28(48)49)19(39)21(41)12(30)5-10(7-15(35)36)18(38)22(42)13(33)6-9(3-4-32)17(37)25(45)29(50)52-2/h4,9-14,16-26,29,33-34,37-45,50H,3,5-8H2,1-2H3,(H,35,36)(H,46,47)(H,48,49). The van der Waals surface area contributed by atoms with E-state index < -0.39 is 155 Å². The summed E-state index contributed by atoms with van der Waals surface area (Å²) in [5, 5.41) is 154. The Kier molecular flexibility index (Phi) is 24.0. The minimum Gasteiger partial charge on any atom is -0.481 e. The predicted octanol–water partition coefficient (Wildman–Crippen LogP) is -5.20. The van der Waals surface area contributed by atoms with Gasteiger partial charge in [-0.2, -0.15) is 0 Å². The molecule has 0 amide bonds. The van der Waals surface area contributed by atoms with E-state index in [1.54, 1.807) is 0 Å². The zero-order chi connectivity index (χ0) is 40.8. The molecule has 21 nitrogen and oxygen atoms in total. The van der Waals surface area contributed by atoms with E-state index in [1.165, 1.54) is 45.2 Å². The van der Waals surface area contributed by atoms with Gasteiger partial charge in [-0.25, -0.2) is 4.79 Å². The maximum Gasteiger partial charge on any atom is 0.332 e. The Morgan fingerprint density at radius 3 is 1.54 bits per heavy atom. The monoisotopic (exact) mass is 988 g/mol. The summed E-state index contributed by atoms with van der Waals surface area (Å²) in [5.74, 6) is -9.76. The van der Waals surface area contributed by atoms with E-state index in [0.717, 1.165) is 14.2 Å². The second-order valence-electron chi connectivity index (χ2n) is 12.3. The highest BCUT2D eigenvalue weighted by atomic mass is 127. The molecule has 23 heteroatoms. The van der Waals surface area contributed by atoms with E-state index in [1.807, 2.05) is 0 Å². The summed E-state index contributed by atoms with van der Waals surface area (Å²) in [6.07, 6.45) is -30.3. The van der Waals surface area contributed by atoms with Gasteiger partial charge in [-0.15, -0.1) is 0 Å². The van der Waals surface area contributed by atoms with Crippen molar-refractivity contribution in [2.45, 2.75) is 119 Å². The van der Waals surface area contributed by atoms with Gasteiger partial charge < -0.3 is 90.9 Å². The molecule has 0 rings (SSSR count). The van der Waals surface area contributed by atoms with Gasteiger partial charge >= 0.3 is 17.9 Å². The van der Waals surface area contributed by atoms with Crippen molar-refractivity contribution in [2.75, 3.05) is 14.2 Å². The molecule has 0 bridgehead atoms. The molecule has 0 aliphatic heterocycles. The fourth-order valence-electron chi connectivity index (χ4n) is 5.56. The van der Waals surface area contributed by atoms with Gasteiger partial charge in [0.25, 0.3) is 0 Å². The van der Waals surface area contributed by atoms with Crippen LogP contribution in [0, 0.1) is 17.8 Å². The van der Waals surface area contributed by atoms with Crippen LogP contribution in [0.3, 0.4) is 0 Å². The second kappa shape index (κ2) is 24.5. The van der Waals surface area contributed by atoms with Crippen molar-refractivity contribution in [3.63, 3.8) is 0 Å². The van der Waals surface area contributed by atoms with Crippen LogP contribution in [0.5, 0.6) is 0 Å². The van der Waals surface area contributed by atoms with Crippen LogP contribution in [0.2, 0.25) is 0 Å². The zero-order valence-electron chi connectivity index (χ0n) is 27.9. The number of hydrogen-bond donors (Lipinski definition) is 15. The van der Waals surface area contributed by atoms with Crippen molar-refractivity contribution >= 4 is 69.4 Å². The smallest absolute Gasteiger partial charge is 0.332 e. The third-order valence-corrected chi connectivity index (χ3v) is 11.2. The molecule has 0 fully saturated rings. The first-order valence-corrected chi connectivity index (χ1v) is 18.1. The van der Waals surface area contributed by atoms with Gasteiger partial charge in [0.15, 0.2) is 12.4 Å². The van der Waals surface area contributed by atoms with E-state index >= 15 is 0 Å². The highest BCUT2D eigenvalue weighted by Gasteiger charge is 2.45. The summed E-state index contributed by atoms with van der Waals surface area (Å²) in [6.45, 7) is 0. The Morgan fingerprint density at radius 1 is 0.596 bits per heavy atom. The van der Waals surface area contributed by atoms with Crippen molar-refractivity contribution in [3.05, 3.63) is 0 Å². The lowest BCUT2D eigenvalue weighted by Gasteiger charge is -2.36. The number of aliphatic hydroxyl groups is 12. The van der Waals surface area contributed by atoms with Crippen LogP contribution in [0.15, 0.2) is 0 Å². The van der Waals surface area contributed by atoms with Gasteiger partial charge in [0.05, 0.1) is 43.0 Å². The average Bonchev–Trinajstić information content (AvgIpc) is 3.09. The quantitative estimate of drug-likeness (QED) is 0.0151. The molecule has 0 aliphatic carbocycles. The number of aliphatic hydroxyl groups excluding tert-OH is 12. The number of carbonyl (C=O) groups is 4. The first kappa shape index (κ1) is 51.0. The molecule has 18 unspecified atom stereocenters. The van der Waals surface area contributed by atoms with Crippen LogP contribution in [0.25, 0.3) is 0 Å². The molecule has 0 aromatic carbocycles. The van der Waals surface area contributed by atoms with Gasteiger partial charge in [-0.3, -0.25) is 9.59 Å². The minimum atomic E-state index is -2.52. The van der Waals surface area contributed by atoms with Gasteiger partial charge in [0, 0.05) is 30.5 Å². The van der Waals surface area contributed by atoms with Gasteiger partial charge in [-0.1, -0.05) is 45.2 Å². The summed E-state index contributed by atoms with van der Waals surface area (Å²) in [7, 11) is 2.01. The summed E-state index contributed by atoms with van der Waals surface area (Å²) >= 11 is 2.87. The highest BCUT2D eigenvalue weighted by molar-refractivity contribution is 14.1. The molecule has 0 radical (unpaired) electrons. The van der Waals surface area contributed by atoms with Crippen LogP contribution in [-0.4, -0.2) is 202 Å². The Morgan fingerprint density at radius 2 is 1.10 bits per heavy atom. The number of ether oxygens (including phenoxy) is 2. The molecule has 0 spiro atoms. The van der Waals surface area contributed by atoms with Crippen molar-refractivity contribution in [3.8, 4) is 0 Å². The third kappa shape index (κ3) is 15.3. The number of carbonyl (C=O) groups excluding carboxylic acids is 1. The van der Waals surface area contributed by atoms with Crippen molar-refractivity contribution in [2.24, 2.45) is 17.8 Å². The van der Waals surface area contributed by atoms with Gasteiger partial charge in [0.2, 0.25) is 0 Å². The number of rotatable bonds is 28. The van der Waals surface area contributed by atoms with Crippen molar-refractivity contribution < 1.29 is 105 Å². The number of methoxy groups -OCH3 is 2. The number of carboxylic acid groups (broad SMARTS) is 3. The minimum absolute atomic E-state index is 0.308. The molecule has 18 atom stereocenters. The number of alkyl halides is 2. The first-order valence-electron chi connectivity index (χ1n) is 15.6. The van der Waals surface area contributed by atoms with E-state index in [-0.39, 0.29) is 0 Å². The third-order valence-electron chi connectivity index (χ3n) is 8.71. The molecule has 0 heterocycles. The molecule has 52 heavy (non-hydrogen) atoms. The largest absolute Gasteiger partial charge is 0.481 e. The maximum absolute atomic E-state index is 11.7. The molecule has 306 valence electrons. The Bertz CT molecular complexity index is 1090. The summed E-state index contributed by atoms with van der Waals surface area (Å²) in [6, 6.07) is 0. The van der Waals surface area contributed by atoms with Crippen molar-refractivity contribution in [1.29, 1.82) is 0 Å². The van der Waals surface area contributed by atoms with Crippen molar-refractivity contribution in [1.82, 2.24) is 0 Å². The van der Waals surface area contributed by atoms with Gasteiger partial charge in [-0.05, 0) is 31.1 Å². The van der Waals surface area contributed by atoms with E-state index in [9.17, 15) is 95.8 Å². The summed E-state index contributed by atoms with van der Waals surface area (Å²) < 4.78 is 6.65. The summed E-state index contributed by atoms with van der Waals surface area (Å²) in [5.41, 5.74) is 0. The van der Waals surface area contributed by atoms with Crippen LogP contribution in [-0.2, 0) is 28.7 Å². The molecular weight excluding hydrogens is 938 g/mol. The average molecular weight is 989 g/mol. The Balaban J connectivity index is 6.12. The topological polar surface area (TPSA) is 390 Å². The fraction of sp³-hybridized carbons (Fsp3) is 0.862. The molecule has 0 saturated heterocycles. The molecule has 15 N–H and O–H groups in total. The predicted molar refractivity (Wildman–Crippen MR) is 188 cm³/mol. The molecule has 0 saturated carbocycles. The second-order valence-corrected chi connectivity index (χ2v) is 15.3. The zero-order valence-corrected chi connectivity index (χ0v) is 32.2. The number of halogens is 2. The van der Waals surface area contributed by atoms with E-state index in [2.05, 4.69) is 4.74 Å². The van der Waals surface area contributed by atoms with Crippen LogP contribution < -0.4 is 0 Å². The van der Waals surface area contributed by atoms with Crippen LogP contribution in [0.4, 0.5) is 0 Å². The normalized spacial score (nSPS) is 22.7. The summed E-state index contributed by atoms with van der Waals surface area (Å²) in [4.78, 5) is 45.8. The van der Waals surface area contributed by atoms with E-state index in [4.69, 9.17) is 4.74 Å². The van der Waals surface area contributed by atoms with Crippen LogP contribution >= 0.6 is 45.2 Å². The molecule has 0 aliphatic rings. The number of hydrogen-bond acceptors (Lipinski definition) is 18. The maximum atomic E-state index is 11.7. The molecule has 0 aromatic rings. The SMILES string of the molecule is COC(O)C(O)C(O)C(CC=O)CC(O)C(O)C(O)C(CC(=O)O)CC(I)C(O)C(O)C(CC(O)C(O)C(O)C(OC)C(I)C(=O)O)C(O)C(=O)O. The van der Waals surface area contributed by atoms with Gasteiger partial charge in [0.1, 0.15) is 40.7 Å². The van der Waals surface area contributed by atoms with Crippen LogP contribution in [0.1, 0.15) is 32.1 Å². The number of aldehydes is 1. The molecule has 0 aromatic heterocycles. The lowest BCUT2D eigenvalue weighted by atomic mass is 9.81. The Hall–Kier alpha value is -1.02. The fourth-order valence-corrected chi connectivity index (χ4v) is 7.35. The van der Waals surface area contributed by atoms with E-state index in [0.29, 0.717) is 6.29 Å². The first-order chi connectivity index (χ1) is 24.0. The molecular formula is C29H50I2O21. The highest BCUT2D eigenvalue weighted by Crippen LogP contribution is 2.32. The Labute approximate surface area is 324 Å².